The van der Waals surface area contributed by atoms with Gasteiger partial charge in [0.25, 0.3) is 0 Å². The van der Waals surface area contributed by atoms with Crippen LogP contribution in [-0.4, -0.2) is 28.7 Å². The number of pyridine rings is 1. The summed E-state index contributed by atoms with van der Waals surface area (Å²) in [7, 11) is 1.68. The highest BCUT2D eigenvalue weighted by atomic mass is 19.1. The number of amides is 2. The zero-order chi connectivity index (χ0) is 18.0. The highest BCUT2D eigenvalue weighted by Gasteiger charge is 2.38. The summed E-state index contributed by atoms with van der Waals surface area (Å²) in [5, 5.41) is 2.84. The lowest BCUT2D eigenvalue weighted by Gasteiger charge is -2.38. The number of halogens is 1. The number of carbonyl (C=O) groups is 2. The number of benzene rings is 1. The van der Waals surface area contributed by atoms with Crippen LogP contribution in [0.1, 0.15) is 30.0 Å². The molecule has 1 aliphatic heterocycles. The molecule has 3 rings (SSSR count). The van der Waals surface area contributed by atoms with Gasteiger partial charge in [-0.1, -0.05) is 12.1 Å². The monoisotopic (exact) mass is 341 g/mol. The smallest absolute Gasteiger partial charge is 0.231 e. The van der Waals surface area contributed by atoms with E-state index in [9.17, 15) is 14.0 Å². The van der Waals surface area contributed by atoms with Crippen LogP contribution in [-0.2, 0) is 9.59 Å². The van der Waals surface area contributed by atoms with Crippen LogP contribution in [0.25, 0.3) is 0 Å². The third kappa shape index (κ3) is 3.68. The maximum atomic E-state index is 13.2. The Morgan fingerprint density at radius 1 is 1.28 bits per heavy atom. The molecule has 1 saturated heterocycles. The Morgan fingerprint density at radius 2 is 2.00 bits per heavy atom. The molecule has 130 valence electrons. The Balaban J connectivity index is 1.87. The molecule has 25 heavy (non-hydrogen) atoms. The lowest BCUT2D eigenvalue weighted by Crippen LogP contribution is -2.44. The van der Waals surface area contributed by atoms with Gasteiger partial charge in [0.15, 0.2) is 0 Å². The van der Waals surface area contributed by atoms with Crippen molar-refractivity contribution in [2.75, 3.05) is 12.4 Å². The Morgan fingerprint density at radius 3 is 2.68 bits per heavy atom. The second kappa shape index (κ2) is 7.01. The van der Waals surface area contributed by atoms with Crippen LogP contribution in [0, 0.1) is 18.7 Å². The highest BCUT2D eigenvalue weighted by Crippen LogP contribution is 2.36. The van der Waals surface area contributed by atoms with Gasteiger partial charge in [-0.2, -0.15) is 0 Å². The number of carbonyl (C=O) groups excluding carboxylic acids is 2. The summed E-state index contributed by atoms with van der Waals surface area (Å²) >= 11 is 0. The molecule has 2 atom stereocenters. The molecule has 0 bridgehead atoms. The van der Waals surface area contributed by atoms with Crippen LogP contribution in [0.2, 0.25) is 0 Å². The van der Waals surface area contributed by atoms with Crippen molar-refractivity contribution in [3.05, 3.63) is 59.5 Å². The molecule has 1 aromatic heterocycles. The molecule has 2 amide bonds. The van der Waals surface area contributed by atoms with E-state index in [1.54, 1.807) is 36.3 Å². The van der Waals surface area contributed by atoms with Gasteiger partial charge in [0, 0.05) is 19.7 Å². The lowest BCUT2D eigenvalue weighted by molar-refractivity contribution is -0.140. The molecule has 1 aromatic carbocycles. The van der Waals surface area contributed by atoms with Crippen molar-refractivity contribution in [2.45, 2.75) is 25.8 Å². The second-order valence-electron chi connectivity index (χ2n) is 6.35. The molecule has 5 nitrogen and oxygen atoms in total. The normalized spacial score (nSPS) is 20.4. The Bertz CT molecular complexity index is 792. The first-order chi connectivity index (χ1) is 12.0. The Kier molecular flexibility index (Phi) is 4.79. The summed E-state index contributed by atoms with van der Waals surface area (Å²) in [4.78, 5) is 30.7. The quantitative estimate of drug-likeness (QED) is 0.933. The van der Waals surface area contributed by atoms with Crippen molar-refractivity contribution in [1.82, 2.24) is 9.88 Å². The minimum Gasteiger partial charge on any atom is -0.338 e. The number of aromatic nitrogens is 1. The number of piperidine rings is 1. The van der Waals surface area contributed by atoms with E-state index in [0.29, 0.717) is 18.7 Å². The summed E-state index contributed by atoms with van der Waals surface area (Å²) in [6.45, 7) is 1.92. The average molecular weight is 341 g/mol. The maximum Gasteiger partial charge on any atom is 0.231 e. The number of hydrogen-bond donors (Lipinski definition) is 1. The van der Waals surface area contributed by atoms with Crippen LogP contribution in [0.4, 0.5) is 10.2 Å². The van der Waals surface area contributed by atoms with Gasteiger partial charge >= 0.3 is 0 Å². The van der Waals surface area contributed by atoms with Crippen LogP contribution < -0.4 is 5.32 Å². The first-order valence-electron chi connectivity index (χ1n) is 8.20. The van der Waals surface area contributed by atoms with Gasteiger partial charge in [-0.05, 0) is 48.7 Å². The van der Waals surface area contributed by atoms with E-state index < -0.39 is 12.0 Å². The number of nitrogens with zero attached hydrogens (tertiary/aromatic N) is 2. The van der Waals surface area contributed by atoms with Gasteiger partial charge in [0.05, 0.1) is 12.0 Å². The zero-order valence-corrected chi connectivity index (χ0v) is 14.2. The minimum atomic E-state index is -0.424. The summed E-state index contributed by atoms with van der Waals surface area (Å²) in [6, 6.07) is 9.16. The van der Waals surface area contributed by atoms with E-state index in [2.05, 4.69) is 10.3 Å². The van der Waals surface area contributed by atoms with Crippen LogP contribution >= 0.6 is 0 Å². The molecule has 1 aliphatic rings. The lowest BCUT2D eigenvalue weighted by atomic mass is 9.84. The molecule has 2 heterocycles. The largest absolute Gasteiger partial charge is 0.338 e. The number of rotatable bonds is 3. The molecule has 6 heteroatoms. The standard InChI is InChI=1S/C19H20FN3O2/c1-12-9-10-21-16(11-12)22-19(25)15-7-8-17(24)23(2)18(15)13-3-5-14(20)6-4-13/h3-6,9-11,15,18H,7-8H2,1-2H3,(H,21,22,25)/t15-,18-/m1/s1. The van der Waals surface area contributed by atoms with Crippen LogP contribution in [0.5, 0.6) is 0 Å². The number of nitrogens with one attached hydrogen (secondary N) is 1. The molecule has 1 fully saturated rings. The van der Waals surface area contributed by atoms with Crippen molar-refractivity contribution in [2.24, 2.45) is 5.92 Å². The molecule has 0 radical (unpaired) electrons. The molecular weight excluding hydrogens is 321 g/mol. The molecule has 0 spiro atoms. The molecule has 1 N–H and O–H groups in total. The fourth-order valence-electron chi connectivity index (χ4n) is 3.25. The zero-order valence-electron chi connectivity index (χ0n) is 14.2. The van der Waals surface area contributed by atoms with Crippen molar-refractivity contribution < 1.29 is 14.0 Å². The van der Waals surface area contributed by atoms with Gasteiger partial charge in [-0.15, -0.1) is 0 Å². The van der Waals surface area contributed by atoms with E-state index >= 15 is 0 Å². The second-order valence-corrected chi connectivity index (χ2v) is 6.35. The maximum absolute atomic E-state index is 13.2. The predicted molar refractivity (Wildman–Crippen MR) is 92.2 cm³/mol. The van der Waals surface area contributed by atoms with E-state index in [1.165, 1.54) is 12.1 Å². The molecule has 0 saturated carbocycles. The summed E-state index contributed by atoms with van der Waals surface area (Å²) in [6.07, 6.45) is 2.40. The molecule has 0 aliphatic carbocycles. The number of anilines is 1. The van der Waals surface area contributed by atoms with Gasteiger partial charge in [0.2, 0.25) is 11.8 Å². The van der Waals surface area contributed by atoms with Crippen molar-refractivity contribution in [3.63, 3.8) is 0 Å². The molecule has 2 aromatic rings. The first-order valence-corrected chi connectivity index (χ1v) is 8.20. The molecule has 0 unspecified atom stereocenters. The van der Waals surface area contributed by atoms with Crippen molar-refractivity contribution in [3.8, 4) is 0 Å². The highest BCUT2D eigenvalue weighted by molar-refractivity contribution is 5.94. The van der Waals surface area contributed by atoms with E-state index in [-0.39, 0.29) is 17.6 Å². The third-order valence-corrected chi connectivity index (χ3v) is 4.58. The Hall–Kier alpha value is -2.76. The first kappa shape index (κ1) is 17.1. The summed E-state index contributed by atoms with van der Waals surface area (Å²) in [5.74, 6) is -0.491. The number of hydrogen-bond acceptors (Lipinski definition) is 3. The van der Waals surface area contributed by atoms with Gasteiger partial charge < -0.3 is 10.2 Å². The van der Waals surface area contributed by atoms with Crippen LogP contribution in [0.3, 0.4) is 0 Å². The fraction of sp³-hybridized carbons (Fsp3) is 0.316. The minimum absolute atomic E-state index is 0.0212. The third-order valence-electron chi connectivity index (χ3n) is 4.58. The predicted octanol–water partition coefficient (Wildman–Crippen LogP) is 3.08. The van der Waals surface area contributed by atoms with E-state index in [4.69, 9.17) is 0 Å². The van der Waals surface area contributed by atoms with Crippen molar-refractivity contribution >= 4 is 17.6 Å². The summed E-state index contributed by atoms with van der Waals surface area (Å²) in [5.41, 5.74) is 1.74. The number of likely N-dealkylation sites (tertiary alicyclic amines) is 1. The Labute approximate surface area is 145 Å². The van der Waals surface area contributed by atoms with Gasteiger partial charge in [-0.3, -0.25) is 9.59 Å². The SMILES string of the molecule is Cc1ccnc(NC(=O)[C@@H]2CCC(=O)N(C)[C@@H]2c2ccc(F)cc2)c1. The fourth-order valence-corrected chi connectivity index (χ4v) is 3.25. The topological polar surface area (TPSA) is 62.3 Å². The summed E-state index contributed by atoms with van der Waals surface area (Å²) < 4.78 is 13.2. The number of aryl methyl sites for hydroxylation is 1. The van der Waals surface area contributed by atoms with Crippen molar-refractivity contribution in [1.29, 1.82) is 0 Å². The average Bonchev–Trinajstić information content (AvgIpc) is 2.58. The van der Waals surface area contributed by atoms with Gasteiger partial charge in [-0.25, -0.2) is 9.37 Å². The van der Waals surface area contributed by atoms with Gasteiger partial charge in [0.1, 0.15) is 11.6 Å². The van der Waals surface area contributed by atoms with E-state index in [0.717, 1.165) is 11.1 Å². The molecular formula is C19H20FN3O2. The van der Waals surface area contributed by atoms with Crippen LogP contribution in [0.15, 0.2) is 42.6 Å². The van der Waals surface area contributed by atoms with E-state index in [1.807, 2.05) is 13.0 Å².